The number of nitrogens with zero attached hydrogens (tertiary/aromatic N) is 1. The third-order valence-electron chi connectivity index (χ3n) is 3.38. The zero-order valence-corrected chi connectivity index (χ0v) is 14.4. The predicted molar refractivity (Wildman–Crippen MR) is 96.2 cm³/mol. The molecule has 3 rings (SSSR count). The molecule has 0 aliphatic rings. The van der Waals surface area contributed by atoms with E-state index in [0.29, 0.717) is 16.4 Å². The summed E-state index contributed by atoms with van der Waals surface area (Å²) in [7, 11) is 0. The van der Waals surface area contributed by atoms with E-state index in [1.165, 1.54) is 43.3 Å². The molecule has 0 fully saturated rings. The van der Waals surface area contributed by atoms with E-state index in [1.807, 2.05) is 0 Å². The molecule has 5 nitrogen and oxygen atoms in total. The van der Waals surface area contributed by atoms with E-state index in [2.05, 4.69) is 15.6 Å². The average molecular weight is 373 g/mol. The summed E-state index contributed by atoms with van der Waals surface area (Å²) in [6.45, 7) is 1.32. The Bertz CT molecular complexity index is 988. The molecule has 1 aromatic heterocycles. The van der Waals surface area contributed by atoms with Crippen molar-refractivity contribution in [1.29, 1.82) is 0 Å². The molecule has 0 bridgehead atoms. The zero-order chi connectivity index (χ0) is 18.7. The largest absolute Gasteiger partial charge is 0.326 e. The van der Waals surface area contributed by atoms with Gasteiger partial charge in [-0.15, -0.1) is 11.3 Å². The number of rotatable bonds is 4. The highest BCUT2D eigenvalue weighted by Gasteiger charge is 2.14. The molecule has 132 valence electrons. The van der Waals surface area contributed by atoms with Gasteiger partial charge < -0.3 is 5.32 Å². The Morgan fingerprint density at radius 2 is 1.81 bits per heavy atom. The van der Waals surface area contributed by atoms with E-state index in [1.54, 1.807) is 5.38 Å². The van der Waals surface area contributed by atoms with E-state index >= 15 is 0 Å². The lowest BCUT2D eigenvalue weighted by atomic mass is 10.1. The molecule has 3 aromatic rings. The molecule has 2 amide bonds. The van der Waals surface area contributed by atoms with Crippen molar-refractivity contribution in [3.8, 4) is 11.3 Å². The second-order valence-electron chi connectivity index (χ2n) is 5.37. The number of benzene rings is 2. The maximum absolute atomic E-state index is 13.5. The topological polar surface area (TPSA) is 71.1 Å². The summed E-state index contributed by atoms with van der Waals surface area (Å²) in [4.78, 5) is 27.7. The fourth-order valence-electron chi connectivity index (χ4n) is 2.29. The molecule has 2 N–H and O–H groups in total. The van der Waals surface area contributed by atoms with Crippen LogP contribution in [0, 0.1) is 11.6 Å². The van der Waals surface area contributed by atoms with Crippen LogP contribution in [0.25, 0.3) is 11.3 Å². The highest BCUT2D eigenvalue weighted by Crippen LogP contribution is 2.31. The second-order valence-corrected chi connectivity index (χ2v) is 6.23. The van der Waals surface area contributed by atoms with Crippen molar-refractivity contribution in [3.63, 3.8) is 0 Å². The quantitative estimate of drug-likeness (QED) is 0.716. The number of carbonyl (C=O) groups is 2. The highest BCUT2D eigenvalue weighted by molar-refractivity contribution is 7.14. The van der Waals surface area contributed by atoms with E-state index in [4.69, 9.17) is 0 Å². The first-order valence-corrected chi connectivity index (χ1v) is 8.40. The minimum Gasteiger partial charge on any atom is -0.326 e. The monoisotopic (exact) mass is 373 g/mol. The van der Waals surface area contributed by atoms with Gasteiger partial charge in [0.05, 0.1) is 11.4 Å². The summed E-state index contributed by atoms with van der Waals surface area (Å²) in [5.41, 5.74) is 1.44. The van der Waals surface area contributed by atoms with Crippen molar-refractivity contribution in [1.82, 2.24) is 4.98 Å². The third-order valence-corrected chi connectivity index (χ3v) is 4.14. The molecule has 0 aliphatic carbocycles. The minimum absolute atomic E-state index is 0.169. The Labute approximate surface area is 151 Å². The minimum atomic E-state index is -0.510. The molecule has 0 atom stereocenters. The molecule has 0 radical (unpaired) electrons. The fraction of sp³-hybridized carbons (Fsp3) is 0.0556. The Morgan fingerprint density at radius 3 is 2.54 bits per heavy atom. The summed E-state index contributed by atoms with van der Waals surface area (Å²) in [6, 6.07) is 9.24. The summed E-state index contributed by atoms with van der Waals surface area (Å²) < 4.78 is 26.7. The molecule has 0 spiro atoms. The van der Waals surface area contributed by atoms with Crippen LogP contribution in [0.5, 0.6) is 0 Å². The smallest absolute Gasteiger partial charge is 0.257 e. The van der Waals surface area contributed by atoms with E-state index in [-0.39, 0.29) is 17.2 Å². The number of nitrogens with one attached hydrogen (secondary N) is 2. The highest BCUT2D eigenvalue weighted by atomic mass is 32.1. The lowest BCUT2D eigenvalue weighted by molar-refractivity contribution is -0.114. The average Bonchev–Trinajstić information content (AvgIpc) is 3.02. The normalized spacial score (nSPS) is 10.4. The van der Waals surface area contributed by atoms with Crippen LogP contribution >= 0.6 is 11.3 Å². The Balaban J connectivity index is 1.84. The first-order chi connectivity index (χ1) is 12.4. The molecule has 1 heterocycles. The van der Waals surface area contributed by atoms with Gasteiger partial charge in [-0.2, -0.15) is 0 Å². The number of anilines is 2. The number of halogens is 2. The Morgan fingerprint density at radius 1 is 1.04 bits per heavy atom. The molecular formula is C18H13F2N3O2S. The molecule has 2 aromatic carbocycles. The number of carbonyl (C=O) groups excluding carboxylic acids is 2. The lowest BCUT2D eigenvalue weighted by Crippen LogP contribution is -2.11. The lowest BCUT2D eigenvalue weighted by Gasteiger charge is -2.08. The summed E-state index contributed by atoms with van der Waals surface area (Å²) in [5.74, 6) is -1.84. The van der Waals surface area contributed by atoms with Crippen molar-refractivity contribution in [2.45, 2.75) is 6.92 Å². The van der Waals surface area contributed by atoms with Crippen LogP contribution in [0.15, 0.2) is 47.8 Å². The van der Waals surface area contributed by atoms with Gasteiger partial charge in [-0.05, 0) is 36.4 Å². The van der Waals surface area contributed by atoms with Crippen molar-refractivity contribution in [2.24, 2.45) is 0 Å². The van der Waals surface area contributed by atoms with E-state index in [9.17, 15) is 18.4 Å². The number of hydrogen-bond acceptors (Lipinski definition) is 4. The van der Waals surface area contributed by atoms with Crippen LogP contribution in [0.1, 0.15) is 17.3 Å². The van der Waals surface area contributed by atoms with Crippen molar-refractivity contribution in [3.05, 3.63) is 65.0 Å². The van der Waals surface area contributed by atoms with Gasteiger partial charge in [-0.3, -0.25) is 14.9 Å². The van der Waals surface area contributed by atoms with Crippen LogP contribution in [-0.2, 0) is 4.79 Å². The molecule has 0 saturated heterocycles. The fourth-order valence-corrected chi connectivity index (χ4v) is 2.99. The number of amides is 2. The predicted octanol–water partition coefficient (Wildman–Crippen LogP) is 4.30. The van der Waals surface area contributed by atoms with Crippen LogP contribution in [0.4, 0.5) is 19.6 Å². The van der Waals surface area contributed by atoms with Gasteiger partial charge in [0.25, 0.3) is 5.91 Å². The van der Waals surface area contributed by atoms with Crippen LogP contribution < -0.4 is 10.6 Å². The van der Waals surface area contributed by atoms with Gasteiger partial charge in [0.2, 0.25) is 5.91 Å². The van der Waals surface area contributed by atoms with Gasteiger partial charge >= 0.3 is 0 Å². The van der Waals surface area contributed by atoms with Crippen molar-refractivity contribution < 1.29 is 18.4 Å². The molecule has 26 heavy (non-hydrogen) atoms. The first kappa shape index (κ1) is 17.7. The molecule has 8 heteroatoms. The molecule has 0 unspecified atom stereocenters. The van der Waals surface area contributed by atoms with Crippen LogP contribution in [0.2, 0.25) is 0 Å². The van der Waals surface area contributed by atoms with Crippen molar-refractivity contribution in [2.75, 3.05) is 10.6 Å². The third kappa shape index (κ3) is 4.09. The number of hydrogen-bond donors (Lipinski definition) is 2. The molecular weight excluding hydrogens is 360 g/mol. The van der Waals surface area contributed by atoms with Gasteiger partial charge in [0, 0.05) is 23.4 Å². The number of thiazole rings is 1. The Kier molecular flexibility index (Phi) is 5.04. The summed E-state index contributed by atoms with van der Waals surface area (Å²) in [5, 5.41) is 7.10. The Hall–Kier alpha value is -3.13. The molecule has 0 aliphatic heterocycles. The van der Waals surface area contributed by atoms with Gasteiger partial charge in [-0.25, -0.2) is 13.8 Å². The first-order valence-electron chi connectivity index (χ1n) is 7.52. The standard InChI is InChI=1S/C18H13F2N3O2S/c1-10(24)21-15-8-13(20)5-6-14(15)16-9-26-18(22-16)23-17(25)11-3-2-4-12(19)7-11/h2-9H,1H3,(H,21,24)(H,22,23,25). The van der Waals surface area contributed by atoms with Crippen LogP contribution in [-0.4, -0.2) is 16.8 Å². The summed E-state index contributed by atoms with van der Waals surface area (Å²) in [6.07, 6.45) is 0. The second kappa shape index (κ2) is 7.40. The van der Waals surface area contributed by atoms with Crippen LogP contribution in [0.3, 0.4) is 0 Å². The van der Waals surface area contributed by atoms with E-state index in [0.717, 1.165) is 17.4 Å². The van der Waals surface area contributed by atoms with E-state index < -0.39 is 17.5 Å². The van der Waals surface area contributed by atoms with Gasteiger partial charge in [0.1, 0.15) is 11.6 Å². The van der Waals surface area contributed by atoms with Gasteiger partial charge in [-0.1, -0.05) is 6.07 Å². The number of aromatic nitrogens is 1. The zero-order valence-electron chi connectivity index (χ0n) is 13.5. The SMILES string of the molecule is CC(=O)Nc1cc(F)ccc1-c1csc(NC(=O)c2cccc(F)c2)n1. The van der Waals surface area contributed by atoms with Crippen molar-refractivity contribution >= 4 is 34.0 Å². The van der Waals surface area contributed by atoms with Gasteiger partial charge in [0.15, 0.2) is 5.13 Å². The maximum Gasteiger partial charge on any atom is 0.257 e. The molecule has 0 saturated carbocycles. The maximum atomic E-state index is 13.5. The summed E-state index contributed by atoms with van der Waals surface area (Å²) >= 11 is 1.16.